The van der Waals surface area contributed by atoms with Crippen molar-refractivity contribution in [1.82, 2.24) is 0 Å². The topological polar surface area (TPSA) is 17.1 Å². The van der Waals surface area contributed by atoms with Crippen LogP contribution in [0.25, 0.3) is 0 Å². The number of carbonyl (C=O) groups is 1. The summed E-state index contributed by atoms with van der Waals surface area (Å²) in [5.74, 6) is 0.0619. The highest BCUT2D eigenvalue weighted by Gasteiger charge is 2.08. The molecule has 1 heteroatoms. The van der Waals surface area contributed by atoms with Gasteiger partial charge < -0.3 is 0 Å². The van der Waals surface area contributed by atoms with E-state index in [4.69, 9.17) is 0 Å². The van der Waals surface area contributed by atoms with Gasteiger partial charge in [-0.3, -0.25) is 4.79 Å². The van der Waals surface area contributed by atoms with Crippen LogP contribution < -0.4 is 0 Å². The van der Waals surface area contributed by atoms with Crippen molar-refractivity contribution in [2.75, 3.05) is 0 Å². The smallest absolute Gasteiger partial charge is 0.192 e. The van der Waals surface area contributed by atoms with Crippen molar-refractivity contribution in [3.8, 4) is 0 Å². The first-order valence-corrected chi connectivity index (χ1v) is 9.41. The van der Waals surface area contributed by atoms with Gasteiger partial charge in [0.05, 0.1) is 0 Å². The van der Waals surface area contributed by atoms with E-state index in [-0.39, 0.29) is 5.78 Å². The lowest BCUT2D eigenvalue weighted by atomic mass is 10.0. The fourth-order valence-corrected chi connectivity index (χ4v) is 1.29. The molecule has 0 spiro atoms. The van der Waals surface area contributed by atoms with Crippen LogP contribution in [0.1, 0.15) is 89.0 Å². The minimum atomic E-state index is 0.0619. The van der Waals surface area contributed by atoms with E-state index in [9.17, 15) is 4.79 Å². The summed E-state index contributed by atoms with van der Waals surface area (Å²) in [7, 11) is 0. The van der Waals surface area contributed by atoms with Gasteiger partial charge >= 0.3 is 0 Å². The van der Waals surface area contributed by atoms with Crippen LogP contribution in [-0.4, -0.2) is 5.78 Å². The van der Waals surface area contributed by atoms with Crippen LogP contribution in [0.3, 0.4) is 0 Å². The van der Waals surface area contributed by atoms with E-state index in [1.165, 1.54) is 0 Å². The molecule has 0 bridgehead atoms. The first-order valence-electron chi connectivity index (χ1n) is 9.41. The minimum absolute atomic E-state index is 0.0619. The van der Waals surface area contributed by atoms with Crippen LogP contribution in [0.4, 0.5) is 0 Å². The zero-order valence-electron chi connectivity index (χ0n) is 17.9. The van der Waals surface area contributed by atoms with Gasteiger partial charge in [-0.1, -0.05) is 106 Å². The maximum Gasteiger partial charge on any atom is 0.192 e. The van der Waals surface area contributed by atoms with Crippen LogP contribution in [-0.2, 0) is 4.79 Å². The monoisotopic (exact) mass is 324 g/mol. The van der Waals surface area contributed by atoms with Gasteiger partial charge in [-0.25, -0.2) is 0 Å². The molecule has 0 aliphatic heterocycles. The van der Waals surface area contributed by atoms with Gasteiger partial charge in [0.2, 0.25) is 0 Å². The highest BCUT2D eigenvalue weighted by Crippen LogP contribution is 2.10. The SMILES string of the molecule is C=C/C(=C\CC)C(=O)C(/C=C\C)=C/CC.CC.CC.CC.CC. The van der Waals surface area contributed by atoms with E-state index in [2.05, 4.69) is 6.58 Å². The van der Waals surface area contributed by atoms with Gasteiger partial charge in [0.25, 0.3) is 0 Å². The molecular formula is C22H44O. The Labute approximate surface area is 148 Å². The molecule has 0 aromatic heterocycles. The van der Waals surface area contributed by atoms with E-state index in [1.54, 1.807) is 6.08 Å². The first kappa shape index (κ1) is 33.3. The fourth-order valence-electron chi connectivity index (χ4n) is 1.29. The average Bonchev–Trinajstić information content (AvgIpc) is 2.65. The normalized spacial score (nSPS) is 9.70. The zero-order valence-corrected chi connectivity index (χ0v) is 17.9. The lowest BCUT2D eigenvalue weighted by molar-refractivity contribution is -0.111. The Kier molecular flexibility index (Phi) is 53.8. The molecule has 0 radical (unpaired) electrons. The number of allylic oxidation sites excluding steroid dienone is 7. The fraction of sp³-hybridized carbons (Fsp3) is 0.591. The average molecular weight is 325 g/mol. The van der Waals surface area contributed by atoms with Crippen molar-refractivity contribution in [2.45, 2.75) is 89.0 Å². The van der Waals surface area contributed by atoms with Crippen LogP contribution >= 0.6 is 0 Å². The Bertz CT molecular complexity index is 304. The van der Waals surface area contributed by atoms with Crippen LogP contribution in [0.5, 0.6) is 0 Å². The minimum Gasteiger partial charge on any atom is -0.289 e. The van der Waals surface area contributed by atoms with E-state index in [0.29, 0.717) is 5.57 Å². The third-order valence-corrected chi connectivity index (χ3v) is 1.94. The van der Waals surface area contributed by atoms with Crippen molar-refractivity contribution >= 4 is 5.78 Å². The van der Waals surface area contributed by atoms with Gasteiger partial charge in [-0.2, -0.15) is 0 Å². The third kappa shape index (κ3) is 23.0. The maximum absolute atomic E-state index is 12.0. The Hall–Kier alpha value is -1.37. The Morgan fingerprint density at radius 1 is 0.783 bits per heavy atom. The molecule has 0 rings (SSSR count). The van der Waals surface area contributed by atoms with E-state index in [1.807, 2.05) is 100 Å². The highest BCUT2D eigenvalue weighted by molar-refractivity contribution is 6.11. The number of carbonyl (C=O) groups excluding carboxylic acids is 1. The van der Waals surface area contributed by atoms with Gasteiger partial charge in [-0.05, 0) is 19.8 Å². The van der Waals surface area contributed by atoms with Gasteiger partial charge in [0.15, 0.2) is 5.78 Å². The van der Waals surface area contributed by atoms with Crippen LogP contribution in [0, 0.1) is 0 Å². The van der Waals surface area contributed by atoms with E-state index < -0.39 is 0 Å². The molecule has 0 atom stereocenters. The van der Waals surface area contributed by atoms with Gasteiger partial charge in [-0.15, -0.1) is 0 Å². The molecule has 0 aromatic rings. The molecule has 0 saturated heterocycles. The molecule has 0 unspecified atom stereocenters. The molecule has 0 N–H and O–H groups in total. The van der Waals surface area contributed by atoms with Crippen molar-refractivity contribution < 1.29 is 4.79 Å². The molecule has 0 fully saturated rings. The summed E-state index contributed by atoms with van der Waals surface area (Å²) < 4.78 is 0. The zero-order chi connectivity index (χ0) is 19.7. The van der Waals surface area contributed by atoms with Crippen molar-refractivity contribution in [3.63, 3.8) is 0 Å². The summed E-state index contributed by atoms with van der Waals surface area (Å²) in [6, 6.07) is 0. The number of ketones is 1. The van der Waals surface area contributed by atoms with Crippen LogP contribution in [0.2, 0.25) is 0 Å². The predicted octanol–water partition coefficient (Wildman–Crippen LogP) is 8.10. The highest BCUT2D eigenvalue weighted by atomic mass is 16.1. The Morgan fingerprint density at radius 3 is 1.39 bits per heavy atom. The molecule has 0 aromatic carbocycles. The standard InChI is InChI=1S/C14H20O.4C2H6/c1-5-9-12(8-4)14(15)13(10-6-2)11-7-3;4*1-2/h6,8-11H,4-5,7H2,1-3H3;4*1-2H3/b10-6-,12-9+,13-11+;;;;. The summed E-state index contributed by atoms with van der Waals surface area (Å²) in [5, 5.41) is 0. The molecule has 0 aliphatic carbocycles. The van der Waals surface area contributed by atoms with Gasteiger partial charge in [0, 0.05) is 11.1 Å². The lowest BCUT2D eigenvalue weighted by Gasteiger charge is -2.02. The summed E-state index contributed by atoms with van der Waals surface area (Å²) in [6.45, 7) is 25.6. The molecular weight excluding hydrogens is 280 g/mol. The number of hydrogen-bond donors (Lipinski definition) is 0. The summed E-state index contributed by atoms with van der Waals surface area (Å²) >= 11 is 0. The molecule has 0 amide bonds. The molecule has 138 valence electrons. The summed E-state index contributed by atoms with van der Waals surface area (Å²) in [4.78, 5) is 12.0. The number of hydrogen-bond acceptors (Lipinski definition) is 1. The van der Waals surface area contributed by atoms with Crippen molar-refractivity contribution in [1.29, 1.82) is 0 Å². The van der Waals surface area contributed by atoms with Crippen molar-refractivity contribution in [2.24, 2.45) is 0 Å². The Morgan fingerprint density at radius 2 is 1.13 bits per heavy atom. The summed E-state index contributed by atoms with van der Waals surface area (Å²) in [6.07, 6.45) is 10.9. The number of rotatable bonds is 6. The van der Waals surface area contributed by atoms with Gasteiger partial charge in [0.1, 0.15) is 0 Å². The number of Topliss-reactive ketones (excluding diaryl/α,β-unsaturated/α-hetero) is 1. The molecule has 0 aliphatic rings. The third-order valence-electron chi connectivity index (χ3n) is 1.94. The first-order chi connectivity index (χ1) is 11.2. The lowest BCUT2D eigenvalue weighted by Crippen LogP contribution is -2.03. The molecule has 0 heterocycles. The predicted molar refractivity (Wildman–Crippen MR) is 112 cm³/mol. The maximum atomic E-state index is 12.0. The summed E-state index contributed by atoms with van der Waals surface area (Å²) in [5.41, 5.74) is 1.44. The van der Waals surface area contributed by atoms with Crippen molar-refractivity contribution in [3.05, 3.63) is 48.1 Å². The second kappa shape index (κ2) is 37.1. The largest absolute Gasteiger partial charge is 0.289 e. The second-order valence-corrected chi connectivity index (χ2v) is 3.17. The quantitative estimate of drug-likeness (QED) is 0.356. The molecule has 1 nitrogen and oxygen atoms in total. The second-order valence-electron chi connectivity index (χ2n) is 3.17. The van der Waals surface area contributed by atoms with Crippen LogP contribution in [0.15, 0.2) is 48.1 Å². The molecule has 0 saturated carbocycles. The van der Waals surface area contributed by atoms with E-state index >= 15 is 0 Å². The molecule has 23 heavy (non-hydrogen) atoms. The Balaban J connectivity index is -0.000000116. The van der Waals surface area contributed by atoms with E-state index in [0.717, 1.165) is 18.4 Å².